The fraction of sp³-hybridized carbons (Fsp3) is 0.600. The molecule has 0 bridgehead atoms. The Morgan fingerprint density at radius 1 is 1.36 bits per heavy atom. The van der Waals surface area contributed by atoms with Gasteiger partial charge in [0.15, 0.2) is 0 Å². The Labute approximate surface area is 70.8 Å². The van der Waals surface area contributed by atoms with Crippen LogP contribution < -0.4 is 0 Å². The van der Waals surface area contributed by atoms with Gasteiger partial charge in [0.2, 0.25) is 0 Å². The summed E-state index contributed by atoms with van der Waals surface area (Å²) in [4.78, 5) is 0. The average molecular weight is 156 g/mol. The summed E-state index contributed by atoms with van der Waals surface area (Å²) < 4.78 is 5.08. The van der Waals surface area contributed by atoms with Crippen molar-refractivity contribution in [1.29, 1.82) is 0 Å². The number of ether oxygens (including phenoxy) is 1. The van der Waals surface area contributed by atoms with E-state index in [-0.39, 0.29) is 0 Å². The normalized spacial score (nSPS) is 9.64. The third kappa shape index (κ3) is 12.5. The number of rotatable bonds is 3. The van der Waals surface area contributed by atoms with Crippen LogP contribution in [0.5, 0.6) is 0 Å². The van der Waals surface area contributed by atoms with Crippen LogP contribution in [0.15, 0.2) is 24.5 Å². The first-order valence-electron chi connectivity index (χ1n) is 4.18. The lowest BCUT2D eigenvalue weighted by molar-refractivity contribution is 0.242. The van der Waals surface area contributed by atoms with Crippen molar-refractivity contribution in [3.05, 3.63) is 24.5 Å². The van der Waals surface area contributed by atoms with Crippen LogP contribution in [0.4, 0.5) is 0 Å². The zero-order chi connectivity index (χ0) is 9.11. The summed E-state index contributed by atoms with van der Waals surface area (Å²) >= 11 is 0. The van der Waals surface area contributed by atoms with E-state index in [4.69, 9.17) is 4.74 Å². The summed E-state index contributed by atoms with van der Waals surface area (Å²) in [6.45, 7) is 12.4. The topological polar surface area (TPSA) is 9.23 Å². The number of allylic oxidation sites excluding steroid dienone is 2. The van der Waals surface area contributed by atoms with Crippen LogP contribution in [0.25, 0.3) is 0 Å². The molecule has 66 valence electrons. The molecule has 1 heteroatoms. The Morgan fingerprint density at radius 2 is 1.82 bits per heavy atom. The summed E-state index contributed by atoms with van der Waals surface area (Å²) in [5.41, 5.74) is 0. The van der Waals surface area contributed by atoms with Gasteiger partial charge < -0.3 is 4.74 Å². The van der Waals surface area contributed by atoms with Crippen LogP contribution in [0.3, 0.4) is 0 Å². The highest BCUT2D eigenvalue weighted by molar-refractivity contribution is 5.06. The van der Waals surface area contributed by atoms with E-state index in [0.29, 0.717) is 6.61 Å². The van der Waals surface area contributed by atoms with Crippen molar-refractivity contribution < 1.29 is 4.74 Å². The van der Waals surface area contributed by atoms with Crippen molar-refractivity contribution in [1.82, 2.24) is 0 Å². The maximum atomic E-state index is 5.08. The minimum absolute atomic E-state index is 0.714. The van der Waals surface area contributed by atoms with Crippen molar-refractivity contribution in [2.75, 3.05) is 6.61 Å². The molecule has 0 atom stereocenters. The minimum atomic E-state index is 0.714. The molecule has 1 nitrogen and oxygen atoms in total. The first-order chi connectivity index (χ1) is 5.26. The predicted molar refractivity (Wildman–Crippen MR) is 51.5 cm³/mol. The standard InChI is InChI=1S/C7H12O.C3H8/c1-4-7(5-2)8-6-3;1-3-2/h4-5H,1,6H2,2-3H3;3H2,1-2H3/b7-5+;. The Hall–Kier alpha value is -0.720. The van der Waals surface area contributed by atoms with E-state index >= 15 is 0 Å². The van der Waals surface area contributed by atoms with Crippen molar-refractivity contribution >= 4 is 0 Å². The molecule has 0 aliphatic rings. The minimum Gasteiger partial charge on any atom is -0.494 e. The van der Waals surface area contributed by atoms with Gasteiger partial charge in [0.05, 0.1) is 6.61 Å². The SMILES string of the molecule is C=C/C(=C\C)OCC.CCC. The zero-order valence-corrected chi connectivity index (χ0v) is 8.18. The first kappa shape index (κ1) is 12.9. The maximum Gasteiger partial charge on any atom is 0.114 e. The van der Waals surface area contributed by atoms with Crippen LogP contribution in [-0.4, -0.2) is 6.61 Å². The van der Waals surface area contributed by atoms with Crippen molar-refractivity contribution in [3.63, 3.8) is 0 Å². The number of hydrogen-bond donors (Lipinski definition) is 0. The van der Waals surface area contributed by atoms with E-state index < -0.39 is 0 Å². The second-order valence-corrected chi connectivity index (χ2v) is 2.04. The molecule has 0 rings (SSSR count). The third-order valence-electron chi connectivity index (χ3n) is 0.797. The molecule has 0 aliphatic heterocycles. The second-order valence-electron chi connectivity index (χ2n) is 2.04. The maximum absolute atomic E-state index is 5.08. The van der Waals surface area contributed by atoms with Gasteiger partial charge in [-0.15, -0.1) is 0 Å². The van der Waals surface area contributed by atoms with E-state index in [1.54, 1.807) is 6.08 Å². The van der Waals surface area contributed by atoms with E-state index in [2.05, 4.69) is 20.4 Å². The van der Waals surface area contributed by atoms with Gasteiger partial charge in [0, 0.05) is 0 Å². The predicted octanol–water partition coefficient (Wildman–Crippen LogP) is 3.53. The van der Waals surface area contributed by atoms with Gasteiger partial charge in [-0.2, -0.15) is 0 Å². The summed E-state index contributed by atoms with van der Waals surface area (Å²) in [6.07, 6.45) is 4.83. The van der Waals surface area contributed by atoms with Gasteiger partial charge in [-0.25, -0.2) is 0 Å². The van der Waals surface area contributed by atoms with Crippen LogP contribution >= 0.6 is 0 Å². The van der Waals surface area contributed by atoms with Gasteiger partial charge in [-0.05, 0) is 26.0 Å². The Kier molecular flexibility index (Phi) is 14.1. The van der Waals surface area contributed by atoms with Gasteiger partial charge in [-0.3, -0.25) is 0 Å². The van der Waals surface area contributed by atoms with E-state index in [1.807, 2.05) is 19.9 Å². The van der Waals surface area contributed by atoms with E-state index in [0.717, 1.165) is 5.76 Å². The lowest BCUT2D eigenvalue weighted by atomic mass is 10.4. The molecule has 0 fully saturated rings. The molecule has 11 heavy (non-hydrogen) atoms. The Balaban J connectivity index is 0. The van der Waals surface area contributed by atoms with Gasteiger partial charge in [0.1, 0.15) is 5.76 Å². The largest absolute Gasteiger partial charge is 0.494 e. The van der Waals surface area contributed by atoms with E-state index in [1.165, 1.54) is 6.42 Å². The molecule has 0 aromatic rings. The highest BCUT2D eigenvalue weighted by atomic mass is 16.5. The van der Waals surface area contributed by atoms with Crippen LogP contribution in [0, 0.1) is 0 Å². The van der Waals surface area contributed by atoms with Gasteiger partial charge >= 0.3 is 0 Å². The summed E-state index contributed by atoms with van der Waals surface area (Å²) in [5.74, 6) is 0.854. The van der Waals surface area contributed by atoms with Crippen molar-refractivity contribution in [3.8, 4) is 0 Å². The first-order valence-corrected chi connectivity index (χ1v) is 4.18. The molecule has 0 aliphatic carbocycles. The Morgan fingerprint density at radius 3 is 1.91 bits per heavy atom. The van der Waals surface area contributed by atoms with Crippen LogP contribution in [0.2, 0.25) is 0 Å². The molecule has 0 unspecified atom stereocenters. The third-order valence-corrected chi connectivity index (χ3v) is 0.797. The molecule has 0 spiro atoms. The van der Waals surface area contributed by atoms with Gasteiger partial charge in [0.25, 0.3) is 0 Å². The molecule has 0 aromatic carbocycles. The highest BCUT2D eigenvalue weighted by Crippen LogP contribution is 1.95. The van der Waals surface area contributed by atoms with Crippen molar-refractivity contribution in [2.24, 2.45) is 0 Å². The molecule has 0 aromatic heterocycles. The quantitative estimate of drug-likeness (QED) is 0.448. The fourth-order valence-electron chi connectivity index (χ4n) is 0.427. The molecule has 0 saturated carbocycles. The lowest BCUT2D eigenvalue weighted by Gasteiger charge is -1.99. The highest BCUT2D eigenvalue weighted by Gasteiger charge is 1.82. The Bertz CT molecular complexity index is 103. The molecule has 0 heterocycles. The fourth-order valence-corrected chi connectivity index (χ4v) is 0.427. The molecular weight excluding hydrogens is 136 g/mol. The molecule has 0 amide bonds. The zero-order valence-electron chi connectivity index (χ0n) is 8.18. The smallest absolute Gasteiger partial charge is 0.114 e. The monoisotopic (exact) mass is 156 g/mol. The average Bonchev–Trinajstić information content (AvgIpc) is 2.02. The summed E-state index contributed by atoms with van der Waals surface area (Å²) in [7, 11) is 0. The van der Waals surface area contributed by atoms with Gasteiger partial charge in [-0.1, -0.05) is 26.8 Å². The van der Waals surface area contributed by atoms with Crippen LogP contribution in [0.1, 0.15) is 34.1 Å². The molecule has 0 radical (unpaired) electrons. The lowest BCUT2D eigenvalue weighted by Crippen LogP contribution is -1.85. The van der Waals surface area contributed by atoms with Crippen LogP contribution in [-0.2, 0) is 4.74 Å². The molecule has 0 N–H and O–H groups in total. The van der Waals surface area contributed by atoms with E-state index in [9.17, 15) is 0 Å². The summed E-state index contributed by atoms with van der Waals surface area (Å²) in [5, 5.41) is 0. The molecular formula is C10H20O. The molecule has 0 saturated heterocycles. The summed E-state index contributed by atoms with van der Waals surface area (Å²) in [6, 6.07) is 0. The van der Waals surface area contributed by atoms with Crippen molar-refractivity contribution in [2.45, 2.75) is 34.1 Å². The second kappa shape index (κ2) is 12.0. The number of hydrogen-bond acceptors (Lipinski definition) is 1.